The van der Waals surface area contributed by atoms with E-state index in [1.165, 1.54) is 12.1 Å². The van der Waals surface area contributed by atoms with Crippen molar-refractivity contribution in [2.45, 2.75) is 0 Å². The quantitative estimate of drug-likeness (QED) is 0.637. The highest BCUT2D eigenvalue weighted by molar-refractivity contribution is 14.1. The predicted octanol–water partition coefficient (Wildman–Crippen LogP) is 5.27. The summed E-state index contributed by atoms with van der Waals surface area (Å²) < 4.78 is 6.42. The lowest BCUT2D eigenvalue weighted by Gasteiger charge is -2.11. The number of nitrogens with one attached hydrogen (secondary N) is 1. The SMILES string of the molecule is O=C(COc1cccc(I)c1)Nc1c(Cl)cc(Cl)cc1Cl. The number of anilines is 1. The largest absolute Gasteiger partial charge is 0.484 e. The monoisotopic (exact) mass is 455 g/mol. The second-order valence-electron chi connectivity index (χ2n) is 4.04. The van der Waals surface area contributed by atoms with Gasteiger partial charge < -0.3 is 10.1 Å². The van der Waals surface area contributed by atoms with Gasteiger partial charge in [0.15, 0.2) is 6.61 Å². The number of ether oxygens (including phenoxy) is 1. The van der Waals surface area contributed by atoms with Crippen LogP contribution in [0.3, 0.4) is 0 Å². The number of rotatable bonds is 4. The van der Waals surface area contributed by atoms with Gasteiger partial charge in [-0.25, -0.2) is 0 Å². The number of carbonyl (C=O) groups excluding carboxylic acids is 1. The van der Waals surface area contributed by atoms with Crippen molar-refractivity contribution < 1.29 is 9.53 Å². The Hall–Kier alpha value is -0.690. The van der Waals surface area contributed by atoms with Crippen molar-refractivity contribution in [3.8, 4) is 5.75 Å². The van der Waals surface area contributed by atoms with Crippen molar-refractivity contribution in [1.82, 2.24) is 0 Å². The van der Waals surface area contributed by atoms with E-state index in [1.807, 2.05) is 18.2 Å². The molecule has 1 N–H and O–H groups in total. The van der Waals surface area contributed by atoms with Gasteiger partial charge in [0, 0.05) is 8.59 Å². The fourth-order valence-electron chi connectivity index (χ4n) is 1.54. The molecule has 0 unspecified atom stereocenters. The van der Waals surface area contributed by atoms with Crippen molar-refractivity contribution in [1.29, 1.82) is 0 Å². The average molecular weight is 456 g/mol. The molecule has 0 heterocycles. The van der Waals surface area contributed by atoms with Crippen molar-refractivity contribution in [2.24, 2.45) is 0 Å². The summed E-state index contributed by atoms with van der Waals surface area (Å²) in [7, 11) is 0. The molecule has 0 aliphatic heterocycles. The third-order valence-corrected chi connectivity index (χ3v) is 3.92. The van der Waals surface area contributed by atoms with Crippen molar-refractivity contribution >= 4 is 69.0 Å². The van der Waals surface area contributed by atoms with E-state index in [0.29, 0.717) is 16.5 Å². The summed E-state index contributed by atoms with van der Waals surface area (Å²) in [5.41, 5.74) is 0.318. The van der Waals surface area contributed by atoms with Crippen LogP contribution >= 0.6 is 57.4 Å². The molecule has 0 spiro atoms. The van der Waals surface area contributed by atoms with E-state index in [-0.39, 0.29) is 22.6 Å². The van der Waals surface area contributed by atoms with Gasteiger partial charge in [-0.15, -0.1) is 0 Å². The van der Waals surface area contributed by atoms with Gasteiger partial charge in [0.2, 0.25) is 0 Å². The normalized spacial score (nSPS) is 10.3. The topological polar surface area (TPSA) is 38.3 Å². The Labute approximate surface area is 150 Å². The predicted molar refractivity (Wildman–Crippen MR) is 94.8 cm³/mol. The van der Waals surface area contributed by atoms with Crippen LogP contribution in [0.2, 0.25) is 15.1 Å². The molecule has 0 aliphatic rings. The molecule has 1 amide bonds. The van der Waals surface area contributed by atoms with Crippen LogP contribution in [-0.2, 0) is 4.79 Å². The molecule has 0 fully saturated rings. The van der Waals surface area contributed by atoms with Gasteiger partial charge in [0.1, 0.15) is 5.75 Å². The molecule has 2 aromatic carbocycles. The summed E-state index contributed by atoms with van der Waals surface area (Å²) in [6.07, 6.45) is 0. The van der Waals surface area contributed by atoms with Gasteiger partial charge >= 0.3 is 0 Å². The molecule has 0 atom stereocenters. The maximum atomic E-state index is 11.9. The number of hydrogen-bond donors (Lipinski definition) is 1. The molecule has 0 radical (unpaired) electrons. The van der Waals surface area contributed by atoms with Crippen LogP contribution < -0.4 is 10.1 Å². The molecule has 7 heteroatoms. The van der Waals surface area contributed by atoms with Gasteiger partial charge in [-0.05, 0) is 52.9 Å². The van der Waals surface area contributed by atoms with E-state index >= 15 is 0 Å². The zero-order valence-corrected chi connectivity index (χ0v) is 14.9. The molecule has 110 valence electrons. The summed E-state index contributed by atoms with van der Waals surface area (Å²) in [5.74, 6) is 0.255. The number of carbonyl (C=O) groups is 1. The van der Waals surface area contributed by atoms with Crippen LogP contribution in [0.15, 0.2) is 36.4 Å². The first-order valence-electron chi connectivity index (χ1n) is 5.78. The lowest BCUT2D eigenvalue weighted by Crippen LogP contribution is -2.20. The smallest absolute Gasteiger partial charge is 0.262 e. The maximum absolute atomic E-state index is 11.9. The Bertz CT molecular complexity index is 656. The lowest BCUT2D eigenvalue weighted by molar-refractivity contribution is -0.118. The van der Waals surface area contributed by atoms with Crippen LogP contribution in [0.1, 0.15) is 0 Å². The zero-order chi connectivity index (χ0) is 15.4. The molecule has 0 bridgehead atoms. The molecule has 21 heavy (non-hydrogen) atoms. The Balaban J connectivity index is 1.99. The van der Waals surface area contributed by atoms with E-state index in [4.69, 9.17) is 39.5 Å². The lowest BCUT2D eigenvalue weighted by atomic mass is 10.3. The fraction of sp³-hybridized carbons (Fsp3) is 0.0714. The van der Waals surface area contributed by atoms with E-state index in [1.54, 1.807) is 6.07 Å². The molecular weight excluding hydrogens is 447 g/mol. The molecule has 0 aromatic heterocycles. The molecular formula is C14H9Cl3INO2. The minimum absolute atomic E-state index is 0.143. The molecule has 0 aliphatic carbocycles. The van der Waals surface area contributed by atoms with E-state index < -0.39 is 0 Å². The molecule has 2 rings (SSSR count). The molecule has 0 saturated heterocycles. The highest BCUT2D eigenvalue weighted by atomic mass is 127. The molecule has 0 saturated carbocycles. The van der Waals surface area contributed by atoms with Crippen LogP contribution in [0, 0.1) is 3.57 Å². The van der Waals surface area contributed by atoms with Gasteiger partial charge in [-0.2, -0.15) is 0 Å². The summed E-state index contributed by atoms with van der Waals surface area (Å²) in [6, 6.07) is 10.4. The number of hydrogen-bond acceptors (Lipinski definition) is 2. The first kappa shape index (κ1) is 16.7. The fourth-order valence-corrected chi connectivity index (χ4v) is 2.97. The van der Waals surface area contributed by atoms with Crippen molar-refractivity contribution in [3.05, 3.63) is 55.0 Å². The highest BCUT2D eigenvalue weighted by Gasteiger charge is 2.11. The van der Waals surface area contributed by atoms with E-state index in [2.05, 4.69) is 27.9 Å². The standard InChI is InChI=1S/C14H9Cl3INO2/c15-8-4-11(16)14(12(17)5-8)19-13(20)7-21-10-3-1-2-9(18)6-10/h1-6H,7H2,(H,19,20). The Morgan fingerprint density at radius 1 is 1.14 bits per heavy atom. The zero-order valence-electron chi connectivity index (χ0n) is 10.5. The van der Waals surface area contributed by atoms with Crippen molar-refractivity contribution in [3.63, 3.8) is 0 Å². The number of amides is 1. The minimum atomic E-state index is -0.361. The highest BCUT2D eigenvalue weighted by Crippen LogP contribution is 2.33. The Morgan fingerprint density at radius 3 is 2.43 bits per heavy atom. The van der Waals surface area contributed by atoms with E-state index in [0.717, 1.165) is 3.57 Å². The van der Waals surface area contributed by atoms with Gasteiger partial charge in [0.25, 0.3) is 5.91 Å². The first-order chi connectivity index (χ1) is 9.95. The van der Waals surface area contributed by atoms with Crippen LogP contribution in [-0.4, -0.2) is 12.5 Å². The van der Waals surface area contributed by atoms with Gasteiger partial charge in [0.05, 0.1) is 15.7 Å². The second kappa shape index (κ2) is 7.54. The van der Waals surface area contributed by atoms with Crippen molar-refractivity contribution in [2.75, 3.05) is 11.9 Å². The summed E-state index contributed by atoms with van der Waals surface area (Å²) in [6.45, 7) is -0.143. The molecule has 2 aromatic rings. The van der Waals surface area contributed by atoms with Crippen LogP contribution in [0.25, 0.3) is 0 Å². The number of halogens is 4. The van der Waals surface area contributed by atoms with Gasteiger partial charge in [-0.1, -0.05) is 40.9 Å². The third kappa shape index (κ3) is 4.92. The Kier molecular flexibility index (Phi) is 5.98. The molecule has 3 nitrogen and oxygen atoms in total. The van der Waals surface area contributed by atoms with Crippen LogP contribution in [0.4, 0.5) is 5.69 Å². The van der Waals surface area contributed by atoms with Crippen LogP contribution in [0.5, 0.6) is 5.75 Å². The second-order valence-corrected chi connectivity index (χ2v) is 6.54. The maximum Gasteiger partial charge on any atom is 0.262 e. The van der Waals surface area contributed by atoms with E-state index in [9.17, 15) is 4.79 Å². The average Bonchev–Trinajstić information content (AvgIpc) is 2.40. The summed E-state index contributed by atoms with van der Waals surface area (Å²) in [4.78, 5) is 11.9. The third-order valence-electron chi connectivity index (χ3n) is 2.44. The minimum Gasteiger partial charge on any atom is -0.484 e. The summed E-state index contributed by atoms with van der Waals surface area (Å²) in [5, 5.41) is 3.55. The Morgan fingerprint density at radius 2 is 1.81 bits per heavy atom. The van der Waals surface area contributed by atoms with Gasteiger partial charge in [-0.3, -0.25) is 4.79 Å². The number of benzene rings is 2. The summed E-state index contributed by atoms with van der Waals surface area (Å²) >= 11 is 20.0. The first-order valence-corrected chi connectivity index (χ1v) is 8.00.